The average molecular weight is 478 g/mol. The quantitative estimate of drug-likeness (QED) is 0.582. The van der Waals surface area contributed by atoms with Crippen LogP contribution >= 0.6 is 11.3 Å². The van der Waals surface area contributed by atoms with Gasteiger partial charge in [-0.3, -0.25) is 9.59 Å². The van der Waals surface area contributed by atoms with Crippen LogP contribution in [-0.2, 0) is 16.0 Å². The Bertz CT molecular complexity index is 1210. The van der Waals surface area contributed by atoms with Crippen molar-refractivity contribution in [2.45, 2.75) is 33.1 Å². The molecule has 0 radical (unpaired) electrons. The number of fused-ring (bicyclic) bond motifs is 1. The minimum Gasteiger partial charge on any atom is -0.454 e. The molecule has 2 aromatic carbocycles. The number of aryl methyl sites for hydroxylation is 2. The molecule has 5 rings (SSSR count). The van der Waals surface area contributed by atoms with Crippen LogP contribution in [0.2, 0.25) is 0 Å². The van der Waals surface area contributed by atoms with Crippen molar-refractivity contribution in [3.8, 4) is 22.8 Å². The summed E-state index contributed by atoms with van der Waals surface area (Å²) in [5.74, 6) is 1.27. The van der Waals surface area contributed by atoms with Crippen LogP contribution in [0, 0.1) is 19.8 Å². The molecule has 1 aromatic heterocycles. The third kappa shape index (κ3) is 4.77. The number of piperidine rings is 1. The fourth-order valence-corrected chi connectivity index (χ4v) is 5.33. The number of aromatic nitrogens is 1. The highest BCUT2D eigenvalue weighted by Gasteiger charge is 2.28. The van der Waals surface area contributed by atoms with Gasteiger partial charge < -0.3 is 19.7 Å². The van der Waals surface area contributed by atoms with Gasteiger partial charge in [-0.05, 0) is 38.8 Å². The molecule has 3 aromatic rings. The summed E-state index contributed by atoms with van der Waals surface area (Å²) in [6.45, 7) is 5.39. The van der Waals surface area contributed by atoms with Crippen molar-refractivity contribution in [3.05, 3.63) is 57.9 Å². The van der Waals surface area contributed by atoms with Gasteiger partial charge in [-0.2, -0.15) is 0 Å². The molecular weight excluding hydrogens is 450 g/mol. The molecule has 8 heteroatoms. The summed E-state index contributed by atoms with van der Waals surface area (Å²) < 4.78 is 10.7. The predicted molar refractivity (Wildman–Crippen MR) is 131 cm³/mol. The van der Waals surface area contributed by atoms with E-state index in [1.165, 1.54) is 5.56 Å². The number of likely N-dealkylation sites (tertiary alicyclic amines) is 1. The molecule has 1 saturated heterocycles. The Labute approximate surface area is 202 Å². The number of nitrogens with one attached hydrogen (secondary N) is 1. The number of carbonyl (C=O) groups excluding carboxylic acids is 2. The molecule has 0 bridgehead atoms. The van der Waals surface area contributed by atoms with Crippen LogP contribution in [0.1, 0.15) is 28.3 Å². The zero-order valence-corrected chi connectivity index (χ0v) is 20.1. The van der Waals surface area contributed by atoms with E-state index in [9.17, 15) is 9.59 Å². The van der Waals surface area contributed by atoms with Gasteiger partial charge in [-0.1, -0.05) is 29.8 Å². The molecule has 2 amide bonds. The number of rotatable bonds is 5. The van der Waals surface area contributed by atoms with Crippen LogP contribution in [0.3, 0.4) is 0 Å². The van der Waals surface area contributed by atoms with Crippen LogP contribution in [0.4, 0.5) is 5.69 Å². The second-order valence-electron chi connectivity index (χ2n) is 8.76. The molecule has 0 saturated carbocycles. The molecule has 34 heavy (non-hydrogen) atoms. The normalized spacial score (nSPS) is 15.4. The summed E-state index contributed by atoms with van der Waals surface area (Å²) >= 11 is 1.58. The molecule has 2 aliphatic heterocycles. The zero-order chi connectivity index (χ0) is 23.7. The minimum atomic E-state index is -0.122. The van der Waals surface area contributed by atoms with Crippen LogP contribution in [-0.4, -0.2) is 41.6 Å². The number of hydrogen-bond donors (Lipinski definition) is 1. The van der Waals surface area contributed by atoms with Gasteiger partial charge in [-0.25, -0.2) is 4.98 Å². The van der Waals surface area contributed by atoms with Gasteiger partial charge in [0.05, 0.1) is 17.1 Å². The first-order chi connectivity index (χ1) is 16.5. The van der Waals surface area contributed by atoms with Gasteiger partial charge in [0.15, 0.2) is 11.5 Å². The van der Waals surface area contributed by atoms with E-state index in [1.54, 1.807) is 23.5 Å². The average Bonchev–Trinajstić information content (AvgIpc) is 3.45. The SMILES string of the molecule is Cc1ccc(-c2nc(C)sc2CC(=O)N2CCC(C(=O)Nc3ccc4c(c3)OCO4)CC2)cc1. The molecule has 2 aliphatic rings. The smallest absolute Gasteiger partial charge is 0.231 e. The first kappa shape index (κ1) is 22.4. The Kier molecular flexibility index (Phi) is 6.24. The lowest BCUT2D eigenvalue weighted by Crippen LogP contribution is -2.42. The number of carbonyl (C=O) groups is 2. The molecular formula is C26H27N3O4S. The van der Waals surface area contributed by atoms with Crippen molar-refractivity contribution in [3.63, 3.8) is 0 Å². The maximum atomic E-state index is 13.1. The van der Waals surface area contributed by atoms with Gasteiger partial charge in [0.1, 0.15) is 0 Å². The van der Waals surface area contributed by atoms with E-state index < -0.39 is 0 Å². The topological polar surface area (TPSA) is 80.8 Å². The molecule has 0 aliphatic carbocycles. The maximum Gasteiger partial charge on any atom is 0.231 e. The van der Waals surface area contributed by atoms with E-state index in [0.717, 1.165) is 21.1 Å². The molecule has 1 fully saturated rings. The van der Waals surface area contributed by atoms with Gasteiger partial charge >= 0.3 is 0 Å². The fraction of sp³-hybridized carbons (Fsp3) is 0.346. The van der Waals surface area contributed by atoms with Crippen LogP contribution in [0.5, 0.6) is 11.5 Å². The lowest BCUT2D eigenvalue weighted by molar-refractivity contribution is -0.133. The third-order valence-corrected chi connectivity index (χ3v) is 7.27. The summed E-state index contributed by atoms with van der Waals surface area (Å²) in [6, 6.07) is 13.6. The van der Waals surface area contributed by atoms with Gasteiger partial charge in [-0.15, -0.1) is 11.3 Å². The molecule has 0 unspecified atom stereocenters. The van der Waals surface area contributed by atoms with Crippen molar-refractivity contribution in [2.75, 3.05) is 25.2 Å². The number of ether oxygens (including phenoxy) is 2. The number of hydrogen-bond acceptors (Lipinski definition) is 6. The Balaban J connectivity index is 1.17. The predicted octanol–water partition coefficient (Wildman–Crippen LogP) is 4.58. The first-order valence-corrected chi connectivity index (χ1v) is 12.3. The van der Waals surface area contributed by atoms with Crippen molar-refractivity contribution in [2.24, 2.45) is 5.92 Å². The van der Waals surface area contributed by atoms with E-state index in [4.69, 9.17) is 9.47 Å². The lowest BCUT2D eigenvalue weighted by atomic mass is 9.95. The lowest BCUT2D eigenvalue weighted by Gasteiger charge is -2.31. The first-order valence-electron chi connectivity index (χ1n) is 11.5. The molecule has 1 N–H and O–H groups in total. The summed E-state index contributed by atoms with van der Waals surface area (Å²) in [6.07, 6.45) is 1.63. The van der Waals surface area contributed by atoms with E-state index in [-0.39, 0.29) is 24.5 Å². The fourth-order valence-electron chi connectivity index (χ4n) is 4.38. The number of benzene rings is 2. The minimum absolute atomic E-state index is 0.0225. The van der Waals surface area contributed by atoms with Crippen LogP contribution in [0.15, 0.2) is 42.5 Å². The second kappa shape index (κ2) is 9.46. The van der Waals surface area contributed by atoms with Gasteiger partial charge in [0, 0.05) is 41.2 Å². The van der Waals surface area contributed by atoms with E-state index in [2.05, 4.69) is 41.5 Å². The highest BCUT2D eigenvalue weighted by Crippen LogP contribution is 2.35. The summed E-state index contributed by atoms with van der Waals surface area (Å²) in [5.41, 5.74) is 3.82. The van der Waals surface area contributed by atoms with Crippen molar-refractivity contribution in [1.29, 1.82) is 0 Å². The van der Waals surface area contributed by atoms with E-state index >= 15 is 0 Å². The van der Waals surface area contributed by atoms with Crippen molar-refractivity contribution >= 4 is 28.8 Å². The van der Waals surface area contributed by atoms with Gasteiger partial charge in [0.2, 0.25) is 18.6 Å². The Morgan fingerprint density at radius 3 is 2.56 bits per heavy atom. The monoisotopic (exact) mass is 477 g/mol. The Morgan fingerprint density at radius 1 is 1.06 bits per heavy atom. The molecule has 3 heterocycles. The molecule has 7 nitrogen and oxygen atoms in total. The van der Waals surface area contributed by atoms with Gasteiger partial charge in [0.25, 0.3) is 0 Å². The maximum absolute atomic E-state index is 13.1. The summed E-state index contributed by atoms with van der Waals surface area (Å²) in [5, 5.41) is 3.93. The highest BCUT2D eigenvalue weighted by molar-refractivity contribution is 7.12. The number of thiazole rings is 1. The highest BCUT2D eigenvalue weighted by atomic mass is 32.1. The van der Waals surface area contributed by atoms with E-state index in [0.29, 0.717) is 49.5 Å². The largest absolute Gasteiger partial charge is 0.454 e. The van der Waals surface area contributed by atoms with Crippen molar-refractivity contribution < 1.29 is 19.1 Å². The molecule has 0 spiro atoms. The van der Waals surface area contributed by atoms with Crippen LogP contribution < -0.4 is 14.8 Å². The molecule has 0 atom stereocenters. The molecule has 176 valence electrons. The number of nitrogens with zero attached hydrogens (tertiary/aromatic N) is 2. The number of amides is 2. The third-order valence-electron chi connectivity index (χ3n) is 6.30. The zero-order valence-electron chi connectivity index (χ0n) is 19.3. The second-order valence-corrected chi connectivity index (χ2v) is 10.0. The number of anilines is 1. The van der Waals surface area contributed by atoms with E-state index in [1.807, 2.05) is 17.9 Å². The summed E-state index contributed by atoms with van der Waals surface area (Å²) in [7, 11) is 0. The van der Waals surface area contributed by atoms with Crippen molar-refractivity contribution in [1.82, 2.24) is 9.88 Å². The Morgan fingerprint density at radius 2 is 1.79 bits per heavy atom. The van der Waals surface area contributed by atoms with Crippen LogP contribution in [0.25, 0.3) is 11.3 Å². The Hall–Kier alpha value is -3.39. The summed E-state index contributed by atoms with van der Waals surface area (Å²) in [4.78, 5) is 33.4. The standard InChI is InChI=1S/C26H27N3O4S/c1-16-3-5-18(6-4-16)25-23(34-17(2)27-25)14-24(30)29-11-9-19(10-12-29)26(31)28-20-7-8-21-22(13-20)33-15-32-21/h3-8,13,19H,9-12,14-15H2,1-2H3,(H,28,31).